The second kappa shape index (κ2) is 13.2. The van der Waals surface area contributed by atoms with Crippen LogP contribution in [0.1, 0.15) is 31.2 Å². The number of likely N-dealkylation sites (tertiary alicyclic amines) is 1. The summed E-state index contributed by atoms with van der Waals surface area (Å²) in [6, 6.07) is 16.3. The molecule has 2 heterocycles. The van der Waals surface area contributed by atoms with E-state index >= 15 is 0 Å². The quantitative estimate of drug-likeness (QED) is 0.459. The van der Waals surface area contributed by atoms with Crippen LogP contribution in [0.2, 0.25) is 0 Å². The number of sulfonamides is 1. The number of nitrogens with zero attached hydrogens (tertiary/aromatic N) is 1. The molecule has 0 aliphatic carbocycles. The van der Waals surface area contributed by atoms with Crippen LogP contribution in [0.4, 0.5) is 4.79 Å². The van der Waals surface area contributed by atoms with Crippen LogP contribution in [0, 0.1) is 0 Å². The van der Waals surface area contributed by atoms with Crippen LogP contribution in [0.5, 0.6) is 5.75 Å². The molecule has 37 heavy (non-hydrogen) atoms. The number of ether oxygens (including phenoxy) is 3. The molecule has 202 valence electrons. The average Bonchev–Trinajstić information content (AvgIpc) is 3.41. The number of carbonyl (C=O) groups is 1. The standard InChI is InChI=1S/C27H37N3O6S/c1-34-24-7-9-26(10-8-24)37(32,33)29-22-11-15-30(16-12-22)17-13-23(19-21-5-3-2-4-6-21)28-27(31)36-25-14-18-35-20-25/h2-10,22-23,25,29H,11-20H2,1H3,(H,28,31). The van der Waals surface area contributed by atoms with Gasteiger partial charge in [0.15, 0.2) is 0 Å². The number of alkyl carbamates (subject to hydrolysis) is 1. The van der Waals surface area contributed by atoms with Gasteiger partial charge in [-0.15, -0.1) is 0 Å². The molecule has 0 bridgehead atoms. The Hall–Kier alpha value is -2.66. The number of carbonyl (C=O) groups excluding carboxylic acids is 1. The Morgan fingerprint density at radius 2 is 1.81 bits per heavy atom. The molecule has 0 aromatic heterocycles. The number of rotatable bonds is 11. The second-order valence-corrected chi connectivity index (χ2v) is 11.3. The first-order valence-corrected chi connectivity index (χ1v) is 14.4. The lowest BCUT2D eigenvalue weighted by Crippen LogP contribution is -2.46. The highest BCUT2D eigenvalue weighted by Crippen LogP contribution is 2.19. The summed E-state index contributed by atoms with van der Waals surface area (Å²) in [5.74, 6) is 0.619. The van der Waals surface area contributed by atoms with Crippen LogP contribution in [-0.2, 0) is 25.9 Å². The van der Waals surface area contributed by atoms with E-state index in [9.17, 15) is 13.2 Å². The molecule has 2 aliphatic rings. The number of hydrogen-bond acceptors (Lipinski definition) is 7. The SMILES string of the molecule is COc1ccc(S(=O)(=O)NC2CCN(CCC(Cc3ccccc3)NC(=O)OC3CCOC3)CC2)cc1. The molecule has 2 unspecified atom stereocenters. The Bertz CT molecular complexity index is 1080. The molecular weight excluding hydrogens is 494 g/mol. The summed E-state index contributed by atoms with van der Waals surface area (Å²) in [7, 11) is -2.03. The predicted octanol–water partition coefficient (Wildman–Crippen LogP) is 2.95. The molecule has 2 saturated heterocycles. The topological polar surface area (TPSA) is 106 Å². The molecule has 4 rings (SSSR count). The first-order valence-electron chi connectivity index (χ1n) is 12.9. The van der Waals surface area contributed by atoms with Crippen molar-refractivity contribution in [2.45, 2.75) is 55.2 Å². The average molecular weight is 532 g/mol. The van der Waals surface area contributed by atoms with Crippen molar-refractivity contribution < 1.29 is 27.4 Å². The van der Waals surface area contributed by atoms with E-state index in [0.717, 1.165) is 57.3 Å². The number of piperidine rings is 1. The Morgan fingerprint density at radius 3 is 2.46 bits per heavy atom. The summed E-state index contributed by atoms with van der Waals surface area (Å²) in [6.07, 6.45) is 3.10. The molecule has 2 aromatic carbocycles. The van der Waals surface area contributed by atoms with E-state index in [0.29, 0.717) is 19.0 Å². The van der Waals surface area contributed by atoms with E-state index in [1.807, 2.05) is 18.2 Å². The molecule has 2 N–H and O–H groups in total. The van der Waals surface area contributed by atoms with Gasteiger partial charge in [0.1, 0.15) is 11.9 Å². The van der Waals surface area contributed by atoms with Gasteiger partial charge in [-0.1, -0.05) is 30.3 Å². The van der Waals surface area contributed by atoms with Crippen molar-refractivity contribution in [3.8, 4) is 5.75 Å². The van der Waals surface area contributed by atoms with Gasteiger partial charge in [-0.2, -0.15) is 0 Å². The molecular formula is C27H37N3O6S. The van der Waals surface area contributed by atoms with Crippen molar-refractivity contribution in [2.24, 2.45) is 0 Å². The zero-order chi connectivity index (χ0) is 26.1. The molecule has 2 aromatic rings. The minimum atomic E-state index is -3.58. The van der Waals surface area contributed by atoms with Crippen LogP contribution in [-0.4, -0.2) is 77.6 Å². The lowest BCUT2D eigenvalue weighted by molar-refractivity contribution is 0.0799. The van der Waals surface area contributed by atoms with Gasteiger partial charge in [-0.05, 0) is 68.6 Å². The van der Waals surface area contributed by atoms with Crippen molar-refractivity contribution in [1.82, 2.24) is 14.9 Å². The molecule has 0 saturated carbocycles. The van der Waals surface area contributed by atoms with Crippen LogP contribution in [0.3, 0.4) is 0 Å². The van der Waals surface area contributed by atoms with Gasteiger partial charge in [0.05, 0.1) is 25.2 Å². The van der Waals surface area contributed by atoms with E-state index in [4.69, 9.17) is 14.2 Å². The second-order valence-electron chi connectivity index (χ2n) is 9.62. The van der Waals surface area contributed by atoms with Gasteiger partial charge in [-0.25, -0.2) is 17.9 Å². The number of methoxy groups -OCH3 is 1. The predicted molar refractivity (Wildman–Crippen MR) is 140 cm³/mol. The van der Waals surface area contributed by atoms with E-state index < -0.39 is 16.1 Å². The van der Waals surface area contributed by atoms with E-state index in [2.05, 4.69) is 27.1 Å². The van der Waals surface area contributed by atoms with Crippen molar-refractivity contribution in [1.29, 1.82) is 0 Å². The van der Waals surface area contributed by atoms with Gasteiger partial charge >= 0.3 is 6.09 Å². The van der Waals surface area contributed by atoms with Crippen LogP contribution < -0.4 is 14.8 Å². The van der Waals surface area contributed by atoms with Gasteiger partial charge in [0.25, 0.3) is 0 Å². The fourth-order valence-electron chi connectivity index (χ4n) is 4.74. The monoisotopic (exact) mass is 531 g/mol. The molecule has 2 atom stereocenters. The third-order valence-corrected chi connectivity index (χ3v) is 8.42. The summed E-state index contributed by atoms with van der Waals surface area (Å²) < 4.78 is 44.3. The zero-order valence-electron chi connectivity index (χ0n) is 21.3. The van der Waals surface area contributed by atoms with Gasteiger partial charge in [-0.3, -0.25) is 0 Å². The molecule has 0 spiro atoms. The smallest absolute Gasteiger partial charge is 0.407 e. The van der Waals surface area contributed by atoms with Crippen molar-refractivity contribution in [2.75, 3.05) is 40.0 Å². The van der Waals surface area contributed by atoms with Gasteiger partial charge < -0.3 is 24.4 Å². The third kappa shape index (κ3) is 8.43. The lowest BCUT2D eigenvalue weighted by atomic mass is 10.0. The largest absolute Gasteiger partial charge is 0.497 e. The number of amides is 1. The maximum absolute atomic E-state index is 12.8. The summed E-state index contributed by atoms with van der Waals surface area (Å²) in [5, 5.41) is 3.05. The molecule has 2 fully saturated rings. The Morgan fingerprint density at radius 1 is 1.08 bits per heavy atom. The Labute approximate surface area is 219 Å². The number of nitrogens with one attached hydrogen (secondary N) is 2. The van der Waals surface area contributed by atoms with Crippen molar-refractivity contribution in [3.05, 3.63) is 60.2 Å². The fraction of sp³-hybridized carbons (Fsp3) is 0.519. The van der Waals surface area contributed by atoms with E-state index in [1.165, 1.54) is 0 Å². The van der Waals surface area contributed by atoms with Crippen molar-refractivity contribution >= 4 is 16.1 Å². The first kappa shape index (κ1) is 27.4. The highest BCUT2D eigenvalue weighted by atomic mass is 32.2. The maximum atomic E-state index is 12.8. The summed E-state index contributed by atoms with van der Waals surface area (Å²) in [4.78, 5) is 15.1. The summed E-state index contributed by atoms with van der Waals surface area (Å²) >= 11 is 0. The summed E-state index contributed by atoms with van der Waals surface area (Å²) in [5.41, 5.74) is 1.16. The highest BCUT2D eigenvalue weighted by molar-refractivity contribution is 7.89. The molecule has 0 radical (unpaired) electrons. The van der Waals surface area contributed by atoms with Gasteiger partial charge in [0, 0.05) is 25.0 Å². The molecule has 9 nitrogen and oxygen atoms in total. The normalized spacial score (nSPS) is 19.9. The van der Waals surface area contributed by atoms with Crippen molar-refractivity contribution in [3.63, 3.8) is 0 Å². The lowest BCUT2D eigenvalue weighted by Gasteiger charge is -2.33. The molecule has 2 aliphatic heterocycles. The maximum Gasteiger partial charge on any atom is 0.407 e. The molecule has 1 amide bonds. The number of hydrogen-bond donors (Lipinski definition) is 2. The minimum absolute atomic E-state index is 0.0662. The highest BCUT2D eigenvalue weighted by Gasteiger charge is 2.26. The zero-order valence-corrected chi connectivity index (χ0v) is 22.1. The van der Waals surface area contributed by atoms with Crippen LogP contribution >= 0.6 is 0 Å². The summed E-state index contributed by atoms with van der Waals surface area (Å²) in [6.45, 7) is 3.46. The Balaban J connectivity index is 1.26. The van der Waals surface area contributed by atoms with Crippen LogP contribution in [0.15, 0.2) is 59.5 Å². The van der Waals surface area contributed by atoms with Gasteiger partial charge in [0.2, 0.25) is 10.0 Å². The Kier molecular flexibility index (Phi) is 9.79. The number of benzene rings is 2. The first-order chi connectivity index (χ1) is 17.9. The van der Waals surface area contributed by atoms with E-state index in [-0.39, 0.29) is 23.1 Å². The van der Waals surface area contributed by atoms with Crippen LogP contribution in [0.25, 0.3) is 0 Å². The molecule has 10 heteroatoms. The third-order valence-electron chi connectivity index (χ3n) is 6.88. The fourth-order valence-corrected chi connectivity index (χ4v) is 6.04. The minimum Gasteiger partial charge on any atom is -0.497 e. The van der Waals surface area contributed by atoms with E-state index in [1.54, 1.807) is 31.4 Å².